The zero-order valence-corrected chi connectivity index (χ0v) is 15.0. The number of benzene rings is 2. The van der Waals surface area contributed by atoms with Crippen molar-refractivity contribution in [3.63, 3.8) is 0 Å². The average molecular weight is 371 g/mol. The van der Waals surface area contributed by atoms with Crippen LogP contribution in [0, 0.1) is 12.7 Å². The summed E-state index contributed by atoms with van der Waals surface area (Å²) < 4.78 is 24.3. The van der Waals surface area contributed by atoms with E-state index in [1.807, 2.05) is 13.0 Å². The van der Waals surface area contributed by atoms with Crippen LogP contribution in [0.4, 0.5) is 10.1 Å². The van der Waals surface area contributed by atoms with Crippen LogP contribution in [0.25, 0.3) is 11.5 Å². The van der Waals surface area contributed by atoms with Crippen LogP contribution in [0.3, 0.4) is 0 Å². The predicted octanol–water partition coefficient (Wildman–Crippen LogP) is 3.16. The number of methoxy groups -OCH3 is 1. The molecule has 27 heavy (non-hydrogen) atoms. The zero-order chi connectivity index (χ0) is 19.6. The Balaban J connectivity index is 1.84. The number of aromatic nitrogens is 2. The van der Waals surface area contributed by atoms with E-state index in [0.717, 1.165) is 10.2 Å². The third-order valence-electron chi connectivity index (χ3n) is 4.02. The summed E-state index contributed by atoms with van der Waals surface area (Å²) in [6, 6.07) is 9.77. The molecule has 3 rings (SSSR count). The van der Waals surface area contributed by atoms with Crippen molar-refractivity contribution in [1.29, 1.82) is 0 Å². The summed E-state index contributed by atoms with van der Waals surface area (Å²) in [5.74, 6) is -1.15. The van der Waals surface area contributed by atoms with Crippen molar-refractivity contribution < 1.29 is 18.3 Å². The summed E-state index contributed by atoms with van der Waals surface area (Å²) in [5.41, 5.74) is 1.86. The highest BCUT2D eigenvalue weighted by Gasteiger charge is 2.22. The van der Waals surface area contributed by atoms with Crippen molar-refractivity contribution in [2.24, 2.45) is 0 Å². The molecule has 1 atom stereocenters. The molecule has 0 aliphatic heterocycles. The van der Waals surface area contributed by atoms with Gasteiger partial charge in [-0.3, -0.25) is 4.79 Å². The molecule has 0 bridgehead atoms. The smallest absolute Gasteiger partial charge is 0.438 e. The van der Waals surface area contributed by atoms with Crippen molar-refractivity contribution in [2.45, 2.75) is 19.9 Å². The third-order valence-corrected chi connectivity index (χ3v) is 4.02. The Morgan fingerprint density at radius 2 is 1.96 bits per heavy atom. The molecule has 8 heteroatoms. The van der Waals surface area contributed by atoms with Gasteiger partial charge in [-0.05, 0) is 55.8 Å². The Kier molecular flexibility index (Phi) is 5.07. The van der Waals surface area contributed by atoms with Gasteiger partial charge in [0.15, 0.2) is 0 Å². The quantitative estimate of drug-likeness (QED) is 0.744. The number of hydrogen-bond donors (Lipinski definition) is 1. The molecule has 1 N–H and O–H groups in total. The SMILES string of the molecule is COc1ccc(C)cc1NC(=O)[C@@H](C)n1nc(-c2ccc(F)cc2)oc1=O. The topological polar surface area (TPSA) is 86.4 Å². The van der Waals surface area contributed by atoms with Crippen LogP contribution in [0.5, 0.6) is 5.75 Å². The fourth-order valence-electron chi connectivity index (χ4n) is 2.51. The minimum atomic E-state index is -0.930. The molecule has 1 amide bonds. The molecule has 7 nitrogen and oxygen atoms in total. The van der Waals surface area contributed by atoms with E-state index in [2.05, 4.69) is 10.4 Å². The fourth-order valence-corrected chi connectivity index (χ4v) is 2.51. The highest BCUT2D eigenvalue weighted by molar-refractivity contribution is 5.94. The van der Waals surface area contributed by atoms with Crippen LogP contribution < -0.4 is 15.8 Å². The number of nitrogens with one attached hydrogen (secondary N) is 1. The van der Waals surface area contributed by atoms with Crippen molar-refractivity contribution in [3.8, 4) is 17.2 Å². The van der Waals surface area contributed by atoms with E-state index in [1.165, 1.54) is 38.3 Å². The molecule has 0 spiro atoms. The normalized spacial score (nSPS) is 11.9. The summed E-state index contributed by atoms with van der Waals surface area (Å²) in [6.45, 7) is 3.41. The molecule has 0 aliphatic rings. The van der Waals surface area contributed by atoms with Crippen molar-refractivity contribution >= 4 is 11.6 Å². The second-order valence-electron chi connectivity index (χ2n) is 5.99. The highest BCUT2D eigenvalue weighted by Crippen LogP contribution is 2.26. The molecule has 0 saturated carbocycles. The summed E-state index contributed by atoms with van der Waals surface area (Å²) in [7, 11) is 1.50. The molecule has 1 heterocycles. The average Bonchev–Trinajstić information content (AvgIpc) is 3.03. The first-order valence-electron chi connectivity index (χ1n) is 8.20. The Bertz CT molecular complexity index is 1020. The molecule has 0 saturated heterocycles. The van der Waals surface area contributed by atoms with E-state index >= 15 is 0 Å². The summed E-state index contributed by atoms with van der Waals surface area (Å²) in [6.07, 6.45) is 0. The van der Waals surface area contributed by atoms with Gasteiger partial charge in [-0.1, -0.05) is 6.07 Å². The molecule has 140 valence electrons. The summed E-state index contributed by atoms with van der Waals surface area (Å²) in [5, 5.41) is 6.78. The Morgan fingerprint density at radius 1 is 1.26 bits per heavy atom. The standard InChI is InChI=1S/C19H18FN3O4/c1-11-4-9-16(26-3)15(10-11)21-17(24)12(2)23-19(25)27-18(22-23)13-5-7-14(20)8-6-13/h4-10,12H,1-3H3,(H,21,24)/t12-/m1/s1. The largest absolute Gasteiger partial charge is 0.495 e. The van der Waals surface area contributed by atoms with E-state index in [0.29, 0.717) is 17.0 Å². The maximum atomic E-state index is 13.0. The summed E-state index contributed by atoms with van der Waals surface area (Å²) in [4.78, 5) is 24.7. The zero-order valence-electron chi connectivity index (χ0n) is 15.0. The number of carbonyl (C=O) groups is 1. The molecule has 0 radical (unpaired) electrons. The number of carbonyl (C=O) groups excluding carboxylic acids is 1. The Morgan fingerprint density at radius 3 is 2.63 bits per heavy atom. The predicted molar refractivity (Wildman–Crippen MR) is 97.2 cm³/mol. The van der Waals surface area contributed by atoms with Gasteiger partial charge >= 0.3 is 5.76 Å². The van der Waals surface area contributed by atoms with E-state index < -0.39 is 23.5 Å². The van der Waals surface area contributed by atoms with Crippen molar-refractivity contribution in [2.75, 3.05) is 12.4 Å². The number of hydrogen-bond acceptors (Lipinski definition) is 5. The first kappa shape index (κ1) is 18.4. The van der Waals surface area contributed by atoms with Gasteiger partial charge in [0.2, 0.25) is 11.8 Å². The second kappa shape index (κ2) is 7.45. The van der Waals surface area contributed by atoms with Crippen molar-refractivity contribution in [3.05, 3.63) is 64.4 Å². The maximum absolute atomic E-state index is 13.0. The van der Waals surface area contributed by atoms with Gasteiger partial charge in [-0.15, -0.1) is 5.10 Å². The van der Waals surface area contributed by atoms with Crippen molar-refractivity contribution in [1.82, 2.24) is 9.78 Å². The number of rotatable bonds is 5. The van der Waals surface area contributed by atoms with Crippen LogP contribution in [-0.4, -0.2) is 22.8 Å². The monoisotopic (exact) mass is 371 g/mol. The lowest BCUT2D eigenvalue weighted by molar-refractivity contribution is -0.119. The lowest BCUT2D eigenvalue weighted by atomic mass is 10.2. The number of nitrogens with zero attached hydrogens (tertiary/aromatic N) is 2. The Hall–Kier alpha value is -3.42. The lowest BCUT2D eigenvalue weighted by Gasteiger charge is -2.14. The molecule has 2 aromatic carbocycles. The van der Waals surface area contributed by atoms with Gasteiger partial charge < -0.3 is 14.5 Å². The van der Waals surface area contributed by atoms with Gasteiger partial charge in [0, 0.05) is 5.56 Å². The summed E-state index contributed by atoms with van der Waals surface area (Å²) >= 11 is 0. The van der Waals surface area contributed by atoms with Gasteiger partial charge in [0.05, 0.1) is 12.8 Å². The van der Waals surface area contributed by atoms with E-state index in [9.17, 15) is 14.0 Å². The fraction of sp³-hybridized carbons (Fsp3) is 0.211. The van der Waals surface area contributed by atoms with Gasteiger partial charge in [-0.2, -0.15) is 4.68 Å². The van der Waals surface area contributed by atoms with E-state index in [-0.39, 0.29) is 5.89 Å². The molecule has 1 aromatic heterocycles. The van der Waals surface area contributed by atoms with Crippen LogP contribution in [-0.2, 0) is 4.79 Å². The van der Waals surface area contributed by atoms with E-state index in [4.69, 9.17) is 9.15 Å². The molecule has 0 aliphatic carbocycles. The number of aryl methyl sites for hydroxylation is 1. The first-order chi connectivity index (χ1) is 12.9. The molecule has 0 fully saturated rings. The number of halogens is 1. The van der Waals surface area contributed by atoms with Gasteiger partial charge in [0.1, 0.15) is 17.6 Å². The minimum Gasteiger partial charge on any atom is -0.495 e. The molecular weight excluding hydrogens is 353 g/mol. The van der Waals surface area contributed by atoms with E-state index in [1.54, 1.807) is 12.1 Å². The Labute approximate surface area is 154 Å². The maximum Gasteiger partial charge on any atom is 0.438 e. The molecule has 3 aromatic rings. The van der Waals surface area contributed by atoms with Crippen LogP contribution in [0.15, 0.2) is 51.7 Å². The lowest BCUT2D eigenvalue weighted by Crippen LogP contribution is -2.30. The van der Waals surface area contributed by atoms with Crippen LogP contribution in [0.2, 0.25) is 0 Å². The van der Waals surface area contributed by atoms with Crippen LogP contribution in [0.1, 0.15) is 18.5 Å². The van der Waals surface area contributed by atoms with Gasteiger partial charge in [-0.25, -0.2) is 9.18 Å². The molecule has 0 unspecified atom stereocenters. The first-order valence-corrected chi connectivity index (χ1v) is 8.20. The number of amides is 1. The van der Waals surface area contributed by atoms with Gasteiger partial charge in [0.25, 0.3) is 0 Å². The minimum absolute atomic E-state index is 0.00721. The second-order valence-corrected chi connectivity index (χ2v) is 5.99. The number of ether oxygens (including phenoxy) is 1. The molecular formula is C19H18FN3O4. The number of anilines is 1. The highest BCUT2D eigenvalue weighted by atomic mass is 19.1. The van der Waals surface area contributed by atoms with Crippen LogP contribution >= 0.6 is 0 Å². The third kappa shape index (κ3) is 3.89.